The maximum Gasteiger partial charge on any atom is 0.416 e. The maximum absolute atomic E-state index is 13.6. The highest BCUT2D eigenvalue weighted by molar-refractivity contribution is 5.95. The molecule has 0 spiro atoms. The summed E-state index contributed by atoms with van der Waals surface area (Å²) in [5, 5.41) is 19.4. The highest BCUT2D eigenvalue weighted by atomic mass is 19.4. The number of carbonyl (C=O) groups is 2. The molecule has 8 nitrogen and oxygen atoms in total. The van der Waals surface area contributed by atoms with Crippen molar-refractivity contribution in [2.45, 2.75) is 43.5 Å². The minimum atomic E-state index is -4.65. The Morgan fingerprint density at radius 1 is 1.12 bits per heavy atom. The predicted molar refractivity (Wildman–Crippen MR) is 139 cm³/mol. The summed E-state index contributed by atoms with van der Waals surface area (Å²) in [5.74, 6) is 0.578. The predicted octanol–water partition coefficient (Wildman–Crippen LogP) is 3.51. The SMILES string of the molecule is O=C1CNc2c(Oc3ccc4c(c3)CC(NC(=O)c3cc(C(F)(F)F)cc(C5(O)CNC5)c3)CC4)ccnc2C1. The molecule has 1 unspecified atom stereocenters. The van der Waals surface area contributed by atoms with E-state index in [1.165, 1.54) is 6.07 Å². The number of aromatic nitrogens is 1. The van der Waals surface area contributed by atoms with Crippen LogP contribution in [0.15, 0.2) is 48.7 Å². The first-order chi connectivity index (χ1) is 19.1. The molecule has 0 bridgehead atoms. The number of aryl methyl sites for hydroxylation is 1. The number of rotatable bonds is 5. The number of β-amino-alcohol motifs (C(OH)–C–C–N with tert-alkyl or cyclic N) is 1. The second kappa shape index (κ2) is 9.90. The molecule has 208 valence electrons. The number of aliphatic hydroxyl groups is 1. The van der Waals surface area contributed by atoms with E-state index < -0.39 is 23.2 Å². The summed E-state index contributed by atoms with van der Waals surface area (Å²) in [6.45, 7) is 0.454. The molecule has 0 radical (unpaired) electrons. The van der Waals surface area contributed by atoms with Crippen LogP contribution in [0.2, 0.25) is 0 Å². The largest absolute Gasteiger partial charge is 0.455 e. The van der Waals surface area contributed by atoms with Gasteiger partial charge in [-0.05, 0) is 66.3 Å². The van der Waals surface area contributed by atoms with E-state index in [1.54, 1.807) is 12.3 Å². The smallest absolute Gasteiger partial charge is 0.416 e. The van der Waals surface area contributed by atoms with Gasteiger partial charge in [0.15, 0.2) is 11.5 Å². The number of amides is 1. The van der Waals surface area contributed by atoms with Crippen molar-refractivity contribution in [1.82, 2.24) is 15.6 Å². The number of pyridine rings is 1. The first kappa shape index (κ1) is 26.3. The average Bonchev–Trinajstić information content (AvgIpc) is 2.90. The van der Waals surface area contributed by atoms with E-state index in [0.29, 0.717) is 42.1 Å². The van der Waals surface area contributed by atoms with Gasteiger partial charge in [0.25, 0.3) is 5.91 Å². The average molecular weight is 553 g/mol. The van der Waals surface area contributed by atoms with Crippen LogP contribution >= 0.6 is 0 Å². The van der Waals surface area contributed by atoms with E-state index in [4.69, 9.17) is 4.74 Å². The van der Waals surface area contributed by atoms with Crippen molar-refractivity contribution in [1.29, 1.82) is 0 Å². The zero-order chi connectivity index (χ0) is 28.1. The topological polar surface area (TPSA) is 113 Å². The molecule has 2 aliphatic heterocycles. The molecule has 6 rings (SSSR count). The van der Waals surface area contributed by atoms with Crippen LogP contribution in [0.1, 0.15) is 44.7 Å². The second-order valence-corrected chi connectivity index (χ2v) is 10.6. The van der Waals surface area contributed by atoms with Crippen molar-refractivity contribution >= 4 is 17.4 Å². The lowest BCUT2D eigenvalue weighted by Gasteiger charge is -2.38. The third-order valence-electron chi connectivity index (χ3n) is 7.68. The Bertz CT molecular complexity index is 1500. The van der Waals surface area contributed by atoms with Crippen LogP contribution in [-0.2, 0) is 35.8 Å². The van der Waals surface area contributed by atoms with Gasteiger partial charge in [-0.3, -0.25) is 14.6 Å². The molecule has 3 aliphatic rings. The third kappa shape index (κ3) is 5.14. The summed E-state index contributed by atoms with van der Waals surface area (Å²) in [7, 11) is 0. The summed E-state index contributed by atoms with van der Waals surface area (Å²) in [6, 6.07) is 10.2. The van der Waals surface area contributed by atoms with Crippen molar-refractivity contribution in [2.24, 2.45) is 0 Å². The van der Waals surface area contributed by atoms with Crippen LogP contribution in [-0.4, -0.2) is 47.5 Å². The molecule has 2 aromatic carbocycles. The maximum atomic E-state index is 13.6. The van der Waals surface area contributed by atoms with Crippen molar-refractivity contribution in [2.75, 3.05) is 25.0 Å². The van der Waals surface area contributed by atoms with Gasteiger partial charge in [0.05, 0.1) is 24.2 Å². The van der Waals surface area contributed by atoms with Crippen molar-refractivity contribution in [3.8, 4) is 11.5 Å². The zero-order valence-corrected chi connectivity index (χ0v) is 21.4. The number of hydrogen-bond donors (Lipinski definition) is 4. The van der Waals surface area contributed by atoms with Gasteiger partial charge in [-0.25, -0.2) is 0 Å². The molecule has 1 amide bonds. The summed E-state index contributed by atoms with van der Waals surface area (Å²) in [5.41, 5.74) is 0.930. The first-order valence-electron chi connectivity index (χ1n) is 13.1. The number of Topliss-reactive ketones (excluding diaryl/α,β-unsaturated/α-hetero) is 1. The summed E-state index contributed by atoms with van der Waals surface area (Å²) in [4.78, 5) is 29.1. The molecule has 40 heavy (non-hydrogen) atoms. The fraction of sp³-hybridized carbons (Fsp3) is 0.345. The lowest BCUT2D eigenvalue weighted by molar-refractivity contribution is -0.137. The molecule has 1 saturated heterocycles. The summed E-state index contributed by atoms with van der Waals surface area (Å²) in [6.07, 6.45) is -1.01. The number of anilines is 1. The summed E-state index contributed by atoms with van der Waals surface area (Å²) >= 11 is 0. The molecule has 11 heteroatoms. The Labute approximate surface area is 228 Å². The van der Waals surface area contributed by atoms with Crippen LogP contribution < -0.4 is 20.7 Å². The lowest BCUT2D eigenvalue weighted by Crippen LogP contribution is -2.56. The Morgan fingerprint density at radius 2 is 1.95 bits per heavy atom. The highest BCUT2D eigenvalue weighted by Crippen LogP contribution is 2.36. The van der Waals surface area contributed by atoms with Crippen LogP contribution in [0.4, 0.5) is 18.9 Å². The van der Waals surface area contributed by atoms with E-state index >= 15 is 0 Å². The van der Waals surface area contributed by atoms with Gasteiger partial charge in [-0.1, -0.05) is 6.07 Å². The number of nitrogens with zero attached hydrogens (tertiary/aromatic N) is 1. The van der Waals surface area contributed by atoms with Crippen LogP contribution in [0.5, 0.6) is 11.5 Å². The highest BCUT2D eigenvalue weighted by Gasteiger charge is 2.40. The zero-order valence-electron chi connectivity index (χ0n) is 21.4. The van der Waals surface area contributed by atoms with Gasteiger partial charge in [0, 0.05) is 37.0 Å². The quantitative estimate of drug-likeness (QED) is 0.383. The molecule has 1 aromatic heterocycles. The minimum absolute atomic E-state index is 0.0521. The molecule has 3 heterocycles. The van der Waals surface area contributed by atoms with Gasteiger partial charge in [-0.2, -0.15) is 13.2 Å². The Hall–Kier alpha value is -3.96. The van der Waals surface area contributed by atoms with E-state index in [0.717, 1.165) is 23.3 Å². The number of benzene rings is 2. The molecule has 1 fully saturated rings. The van der Waals surface area contributed by atoms with Gasteiger partial charge >= 0.3 is 6.18 Å². The fourth-order valence-electron chi connectivity index (χ4n) is 5.40. The van der Waals surface area contributed by atoms with Crippen molar-refractivity contribution < 1.29 is 32.6 Å². The van der Waals surface area contributed by atoms with Gasteiger partial charge in [-0.15, -0.1) is 0 Å². The van der Waals surface area contributed by atoms with E-state index in [2.05, 4.69) is 20.9 Å². The number of carbonyl (C=O) groups excluding carboxylic acids is 2. The van der Waals surface area contributed by atoms with Crippen LogP contribution in [0.3, 0.4) is 0 Å². The Kier molecular flexibility index (Phi) is 6.50. The van der Waals surface area contributed by atoms with E-state index in [-0.39, 0.29) is 49.0 Å². The third-order valence-corrected chi connectivity index (χ3v) is 7.68. The molecular formula is C29H27F3N4O4. The normalized spacial score (nSPS) is 19.5. The molecule has 1 atom stereocenters. The monoisotopic (exact) mass is 552 g/mol. The number of halogens is 3. The van der Waals surface area contributed by atoms with E-state index in [1.807, 2.05) is 18.2 Å². The van der Waals surface area contributed by atoms with Crippen molar-refractivity contribution in [3.05, 3.63) is 82.2 Å². The Balaban J connectivity index is 1.19. The van der Waals surface area contributed by atoms with Crippen LogP contribution in [0.25, 0.3) is 0 Å². The van der Waals surface area contributed by atoms with Gasteiger partial charge < -0.3 is 25.8 Å². The number of ketones is 1. The number of ether oxygens (including phenoxy) is 1. The van der Waals surface area contributed by atoms with Gasteiger partial charge in [0.1, 0.15) is 17.0 Å². The standard InChI is InChI=1S/C29H27F3N4O4/c30-29(31,32)20-8-18(7-19(11-20)28(39)14-33-15-28)27(38)36-21-3-1-16-2-4-23(10-17(16)9-21)40-25-5-6-34-24-12-22(37)13-35-26(24)25/h2,4-8,10-11,21,33,35,39H,1,3,9,12-15H2,(H,36,38). The van der Waals surface area contributed by atoms with Crippen molar-refractivity contribution in [3.63, 3.8) is 0 Å². The molecule has 4 N–H and O–H groups in total. The molecule has 0 saturated carbocycles. The number of alkyl halides is 3. The number of fused-ring (bicyclic) bond motifs is 2. The minimum Gasteiger partial charge on any atom is -0.455 e. The fourth-order valence-corrected chi connectivity index (χ4v) is 5.40. The van der Waals surface area contributed by atoms with E-state index in [9.17, 15) is 27.9 Å². The molecular weight excluding hydrogens is 525 g/mol. The molecule has 3 aromatic rings. The second-order valence-electron chi connectivity index (χ2n) is 10.6. The van der Waals surface area contributed by atoms with Crippen LogP contribution in [0, 0.1) is 0 Å². The number of nitrogens with one attached hydrogen (secondary N) is 3. The summed E-state index contributed by atoms with van der Waals surface area (Å²) < 4.78 is 46.9. The first-order valence-corrected chi connectivity index (χ1v) is 13.1. The van der Waals surface area contributed by atoms with Gasteiger partial charge in [0.2, 0.25) is 0 Å². The molecule has 1 aliphatic carbocycles. The lowest BCUT2D eigenvalue weighted by atomic mass is 9.85. The number of hydrogen-bond acceptors (Lipinski definition) is 7. The Morgan fingerprint density at radius 3 is 2.70 bits per heavy atom.